The maximum atomic E-state index is 12.7. The third-order valence-electron chi connectivity index (χ3n) is 4.23. The molecule has 128 valence electrons. The smallest absolute Gasteiger partial charge is 0.235 e. The van der Waals surface area contributed by atoms with Gasteiger partial charge in [0.15, 0.2) is 11.5 Å². The topological polar surface area (TPSA) is 38.8 Å². The number of carbonyl (C=O) groups is 1. The monoisotopic (exact) mass is 337 g/mol. The number of hydrogen-bond acceptors (Lipinski definition) is 4. The van der Waals surface area contributed by atoms with E-state index >= 15 is 0 Å². The molecule has 1 aromatic carbocycles. The van der Waals surface area contributed by atoms with E-state index in [9.17, 15) is 4.79 Å². The lowest BCUT2D eigenvalue weighted by atomic mass is 9.84. The fourth-order valence-corrected chi connectivity index (χ4v) is 3.99. The van der Waals surface area contributed by atoms with Gasteiger partial charge in [-0.3, -0.25) is 4.79 Å². The highest BCUT2D eigenvalue weighted by Gasteiger charge is 2.31. The summed E-state index contributed by atoms with van der Waals surface area (Å²) in [6.45, 7) is 8.17. The van der Waals surface area contributed by atoms with Crippen LogP contribution in [-0.4, -0.2) is 43.4 Å². The summed E-state index contributed by atoms with van der Waals surface area (Å²) < 4.78 is 10.6. The molecule has 1 saturated heterocycles. The molecule has 0 spiro atoms. The third kappa shape index (κ3) is 4.56. The Morgan fingerprint density at radius 1 is 1.26 bits per heavy atom. The highest BCUT2D eigenvalue weighted by molar-refractivity contribution is 8.00. The lowest BCUT2D eigenvalue weighted by Gasteiger charge is -2.39. The quantitative estimate of drug-likeness (QED) is 0.766. The molecule has 0 aromatic heterocycles. The van der Waals surface area contributed by atoms with Crippen LogP contribution in [0, 0.1) is 5.41 Å². The van der Waals surface area contributed by atoms with Gasteiger partial charge in [-0.15, -0.1) is 11.8 Å². The average molecular weight is 337 g/mol. The molecular weight excluding hydrogens is 310 g/mol. The normalized spacial score (nSPS) is 18.4. The molecule has 1 atom stereocenters. The standard InChI is InChI=1S/C18H27NO3S/c1-13(17(20)19-10-6-9-18(2,3)12-19)23-14-7-8-15(21-4)16(11-14)22-5/h7-8,11,13H,6,9-10,12H2,1-5H3/t13-/m1/s1. The number of amides is 1. The predicted molar refractivity (Wildman–Crippen MR) is 94.5 cm³/mol. The summed E-state index contributed by atoms with van der Waals surface area (Å²) in [6, 6.07) is 5.77. The molecule has 5 heteroatoms. The number of carbonyl (C=O) groups excluding carboxylic acids is 1. The minimum atomic E-state index is -0.109. The number of hydrogen-bond donors (Lipinski definition) is 0. The van der Waals surface area contributed by atoms with E-state index in [1.807, 2.05) is 30.0 Å². The minimum Gasteiger partial charge on any atom is -0.493 e. The Morgan fingerprint density at radius 2 is 1.96 bits per heavy atom. The first-order chi connectivity index (χ1) is 10.9. The van der Waals surface area contributed by atoms with Crippen molar-refractivity contribution in [3.05, 3.63) is 18.2 Å². The lowest BCUT2D eigenvalue weighted by molar-refractivity contribution is -0.133. The minimum absolute atomic E-state index is 0.109. The number of likely N-dealkylation sites (tertiary alicyclic amines) is 1. The van der Waals surface area contributed by atoms with Gasteiger partial charge in [-0.05, 0) is 43.4 Å². The van der Waals surface area contributed by atoms with Crippen molar-refractivity contribution in [3.63, 3.8) is 0 Å². The highest BCUT2D eigenvalue weighted by Crippen LogP contribution is 2.35. The van der Waals surface area contributed by atoms with E-state index in [1.165, 1.54) is 6.42 Å². The van der Waals surface area contributed by atoms with E-state index < -0.39 is 0 Å². The molecule has 0 aliphatic carbocycles. The summed E-state index contributed by atoms with van der Waals surface area (Å²) in [5.41, 5.74) is 0.224. The van der Waals surface area contributed by atoms with Crippen molar-refractivity contribution in [2.45, 2.75) is 43.8 Å². The average Bonchev–Trinajstić information content (AvgIpc) is 2.52. The van der Waals surface area contributed by atoms with Gasteiger partial charge in [0.2, 0.25) is 5.91 Å². The molecule has 0 bridgehead atoms. The van der Waals surface area contributed by atoms with Gasteiger partial charge in [0, 0.05) is 18.0 Å². The molecule has 23 heavy (non-hydrogen) atoms. The van der Waals surface area contributed by atoms with Crippen LogP contribution in [0.2, 0.25) is 0 Å². The molecule has 1 aliphatic rings. The molecule has 1 amide bonds. The van der Waals surface area contributed by atoms with Crippen LogP contribution in [0.25, 0.3) is 0 Å². The van der Waals surface area contributed by atoms with E-state index in [1.54, 1.807) is 26.0 Å². The van der Waals surface area contributed by atoms with Gasteiger partial charge >= 0.3 is 0 Å². The number of nitrogens with zero attached hydrogens (tertiary/aromatic N) is 1. The van der Waals surface area contributed by atoms with E-state index in [2.05, 4.69) is 13.8 Å². The van der Waals surface area contributed by atoms with Crippen molar-refractivity contribution in [1.82, 2.24) is 4.90 Å². The predicted octanol–water partition coefficient (Wildman–Crippen LogP) is 3.83. The van der Waals surface area contributed by atoms with Crippen molar-refractivity contribution in [2.24, 2.45) is 5.41 Å². The first-order valence-electron chi connectivity index (χ1n) is 8.04. The largest absolute Gasteiger partial charge is 0.493 e. The van der Waals surface area contributed by atoms with Crippen molar-refractivity contribution in [2.75, 3.05) is 27.3 Å². The fourth-order valence-electron chi connectivity index (χ4n) is 3.01. The van der Waals surface area contributed by atoms with E-state index in [4.69, 9.17) is 9.47 Å². The Labute approximate surface area is 143 Å². The van der Waals surface area contributed by atoms with Crippen molar-refractivity contribution < 1.29 is 14.3 Å². The van der Waals surface area contributed by atoms with Crippen LogP contribution < -0.4 is 9.47 Å². The van der Waals surface area contributed by atoms with E-state index in [0.29, 0.717) is 11.5 Å². The Hall–Kier alpha value is -1.36. The Morgan fingerprint density at radius 3 is 2.57 bits per heavy atom. The Bertz CT molecular complexity index is 559. The number of benzene rings is 1. The summed E-state index contributed by atoms with van der Waals surface area (Å²) in [6.07, 6.45) is 2.28. The van der Waals surface area contributed by atoms with Crippen LogP contribution in [0.15, 0.2) is 23.1 Å². The Balaban J connectivity index is 2.03. The van der Waals surface area contributed by atoms with Crippen molar-refractivity contribution in [3.8, 4) is 11.5 Å². The van der Waals surface area contributed by atoms with Gasteiger partial charge < -0.3 is 14.4 Å². The van der Waals surface area contributed by atoms with Gasteiger partial charge in [-0.25, -0.2) is 0 Å². The zero-order chi connectivity index (χ0) is 17.0. The van der Waals surface area contributed by atoms with Gasteiger partial charge in [0.1, 0.15) is 0 Å². The van der Waals surface area contributed by atoms with Gasteiger partial charge in [-0.2, -0.15) is 0 Å². The number of thioether (sulfide) groups is 1. The first kappa shape index (κ1) is 18.0. The third-order valence-corrected chi connectivity index (χ3v) is 5.31. The number of methoxy groups -OCH3 is 2. The summed E-state index contributed by atoms with van der Waals surface area (Å²) in [7, 11) is 3.24. The summed E-state index contributed by atoms with van der Waals surface area (Å²) >= 11 is 1.57. The molecule has 4 nitrogen and oxygen atoms in total. The molecule has 1 heterocycles. The lowest BCUT2D eigenvalue weighted by Crippen LogP contribution is -2.46. The van der Waals surface area contributed by atoms with Gasteiger partial charge in [0.25, 0.3) is 0 Å². The van der Waals surface area contributed by atoms with Crippen LogP contribution in [0.5, 0.6) is 11.5 Å². The maximum absolute atomic E-state index is 12.7. The highest BCUT2D eigenvalue weighted by atomic mass is 32.2. The molecular formula is C18H27NO3S. The zero-order valence-corrected chi connectivity index (χ0v) is 15.5. The molecule has 0 N–H and O–H groups in total. The van der Waals surface area contributed by atoms with Crippen LogP contribution in [0.4, 0.5) is 0 Å². The van der Waals surface area contributed by atoms with E-state index in [-0.39, 0.29) is 16.6 Å². The first-order valence-corrected chi connectivity index (χ1v) is 8.92. The summed E-state index contributed by atoms with van der Waals surface area (Å²) in [4.78, 5) is 15.7. The number of rotatable bonds is 5. The number of piperidine rings is 1. The molecule has 1 fully saturated rings. The fraction of sp³-hybridized carbons (Fsp3) is 0.611. The van der Waals surface area contributed by atoms with Crippen molar-refractivity contribution >= 4 is 17.7 Å². The van der Waals surface area contributed by atoms with Gasteiger partial charge in [-0.1, -0.05) is 13.8 Å². The molecule has 0 radical (unpaired) electrons. The molecule has 2 rings (SSSR count). The molecule has 1 aliphatic heterocycles. The molecule has 0 saturated carbocycles. The summed E-state index contributed by atoms with van der Waals surface area (Å²) in [5, 5.41) is -0.109. The van der Waals surface area contributed by atoms with E-state index in [0.717, 1.165) is 24.4 Å². The Kier molecular flexibility index (Phi) is 5.84. The van der Waals surface area contributed by atoms with Crippen LogP contribution in [0.3, 0.4) is 0 Å². The maximum Gasteiger partial charge on any atom is 0.235 e. The van der Waals surface area contributed by atoms with Crippen LogP contribution >= 0.6 is 11.8 Å². The second kappa shape index (κ2) is 7.47. The van der Waals surface area contributed by atoms with Crippen LogP contribution in [-0.2, 0) is 4.79 Å². The molecule has 0 unspecified atom stereocenters. The SMILES string of the molecule is COc1ccc(S[C@H](C)C(=O)N2CCCC(C)(C)C2)cc1OC. The second-order valence-corrected chi connectivity index (χ2v) is 8.22. The number of ether oxygens (including phenoxy) is 2. The molecule has 1 aromatic rings. The van der Waals surface area contributed by atoms with Crippen LogP contribution in [0.1, 0.15) is 33.6 Å². The second-order valence-electron chi connectivity index (χ2n) is 6.80. The van der Waals surface area contributed by atoms with Gasteiger partial charge in [0.05, 0.1) is 19.5 Å². The summed E-state index contributed by atoms with van der Waals surface area (Å²) in [5.74, 6) is 1.61. The zero-order valence-electron chi connectivity index (χ0n) is 14.7. The van der Waals surface area contributed by atoms with Crippen molar-refractivity contribution in [1.29, 1.82) is 0 Å².